The fourth-order valence-electron chi connectivity index (χ4n) is 5.31. The highest BCUT2D eigenvalue weighted by atomic mass is 32.1. The van der Waals surface area contributed by atoms with E-state index in [1.165, 1.54) is 10.4 Å². The van der Waals surface area contributed by atoms with E-state index >= 15 is 0 Å². The molecule has 0 bridgehead atoms. The summed E-state index contributed by atoms with van der Waals surface area (Å²) < 4.78 is 5.64. The summed E-state index contributed by atoms with van der Waals surface area (Å²) in [6, 6.07) is 9.78. The molecule has 0 saturated heterocycles. The maximum absolute atomic E-state index is 13.8. The average Bonchev–Trinajstić information content (AvgIpc) is 3.58. The zero-order chi connectivity index (χ0) is 27.6. The molecule has 1 amide bonds. The van der Waals surface area contributed by atoms with Crippen molar-refractivity contribution in [3.05, 3.63) is 65.2 Å². The van der Waals surface area contributed by atoms with Crippen molar-refractivity contribution in [2.24, 2.45) is 5.92 Å². The minimum absolute atomic E-state index is 0.0700. The zero-order valence-corrected chi connectivity index (χ0v) is 23.7. The Hall–Kier alpha value is -4.09. The highest BCUT2D eigenvalue weighted by molar-refractivity contribution is 7.19. The van der Waals surface area contributed by atoms with Crippen molar-refractivity contribution in [3.8, 4) is 5.75 Å². The molecule has 0 aliphatic heterocycles. The van der Waals surface area contributed by atoms with Crippen LogP contribution in [0.2, 0.25) is 0 Å². The highest BCUT2D eigenvalue weighted by Gasteiger charge is 2.32. The second-order valence-corrected chi connectivity index (χ2v) is 11.4. The number of H-pyrrole nitrogens is 1. The highest BCUT2D eigenvalue weighted by Crippen LogP contribution is 2.42. The van der Waals surface area contributed by atoms with Crippen molar-refractivity contribution in [1.82, 2.24) is 34.9 Å². The monoisotopic (exact) mass is 556 g/mol. The van der Waals surface area contributed by atoms with Crippen LogP contribution in [0.25, 0.3) is 21.1 Å². The van der Waals surface area contributed by atoms with E-state index in [0.29, 0.717) is 25.3 Å². The van der Waals surface area contributed by atoms with Crippen LogP contribution in [0.5, 0.6) is 5.75 Å². The molecule has 5 aromatic rings. The van der Waals surface area contributed by atoms with Crippen LogP contribution < -0.4 is 10.1 Å². The number of benzene rings is 1. The number of anilines is 2. The third-order valence-electron chi connectivity index (χ3n) is 7.42. The summed E-state index contributed by atoms with van der Waals surface area (Å²) in [4.78, 5) is 33.7. The summed E-state index contributed by atoms with van der Waals surface area (Å²) in [7, 11) is 5.71. The summed E-state index contributed by atoms with van der Waals surface area (Å²) in [6.07, 6.45) is 7.46. The maximum atomic E-state index is 13.8. The summed E-state index contributed by atoms with van der Waals surface area (Å²) in [5, 5.41) is 12.6. The molecule has 0 fully saturated rings. The Morgan fingerprint density at radius 2 is 2.10 bits per heavy atom. The number of nitrogens with one attached hydrogen (secondary N) is 2. The molecule has 206 valence electrons. The number of likely N-dealkylation sites (N-methyl/N-ethyl adjacent to an activating group) is 1. The second kappa shape index (κ2) is 11.2. The molecule has 0 radical (unpaired) electrons. The number of ether oxygens (including phenoxy) is 1. The molecular weight excluding hydrogens is 524 g/mol. The van der Waals surface area contributed by atoms with Gasteiger partial charge in [-0.3, -0.25) is 14.9 Å². The number of carbonyl (C=O) groups is 1. The molecule has 1 aliphatic carbocycles. The lowest BCUT2D eigenvalue weighted by Crippen LogP contribution is -2.41. The quantitative estimate of drug-likeness (QED) is 0.275. The van der Waals surface area contributed by atoms with Crippen LogP contribution in [0.4, 0.5) is 11.5 Å². The first kappa shape index (κ1) is 26.1. The molecule has 4 heterocycles. The number of hydrogen-bond donors (Lipinski definition) is 2. The van der Waals surface area contributed by atoms with Crippen molar-refractivity contribution in [1.29, 1.82) is 0 Å². The Morgan fingerprint density at radius 1 is 1.20 bits per heavy atom. The van der Waals surface area contributed by atoms with Crippen LogP contribution in [0.1, 0.15) is 22.6 Å². The first-order chi connectivity index (χ1) is 19.5. The number of aromatic nitrogens is 5. The lowest BCUT2D eigenvalue weighted by molar-refractivity contribution is -0.136. The van der Waals surface area contributed by atoms with Crippen molar-refractivity contribution < 1.29 is 9.53 Å². The molecular formula is C29H32N8O2S. The first-order valence-corrected chi connectivity index (χ1v) is 14.2. The largest absolute Gasteiger partial charge is 0.494 e. The molecule has 6 rings (SSSR count). The molecule has 0 saturated carbocycles. The number of fused-ring (bicyclic) bond motifs is 4. The number of aryl methyl sites for hydroxylation is 1. The Bertz CT molecular complexity index is 1650. The van der Waals surface area contributed by atoms with Crippen LogP contribution >= 0.6 is 11.3 Å². The Balaban J connectivity index is 1.27. The molecule has 1 aliphatic rings. The molecule has 0 spiro atoms. The van der Waals surface area contributed by atoms with Gasteiger partial charge in [0.05, 0.1) is 42.1 Å². The van der Waals surface area contributed by atoms with Crippen LogP contribution in [0.3, 0.4) is 0 Å². The minimum atomic E-state index is -0.0700. The van der Waals surface area contributed by atoms with Crippen LogP contribution in [0.15, 0.2) is 49.1 Å². The third kappa shape index (κ3) is 5.22. The van der Waals surface area contributed by atoms with Crippen molar-refractivity contribution >= 4 is 49.9 Å². The summed E-state index contributed by atoms with van der Waals surface area (Å²) in [5.41, 5.74) is 3.86. The van der Waals surface area contributed by atoms with Gasteiger partial charge < -0.3 is 19.9 Å². The predicted octanol–water partition coefficient (Wildman–Crippen LogP) is 4.41. The molecule has 1 atom stereocenters. The Kier molecular flexibility index (Phi) is 7.31. The lowest BCUT2D eigenvalue weighted by Gasteiger charge is -2.30. The molecule has 0 unspecified atom stereocenters. The van der Waals surface area contributed by atoms with E-state index in [-0.39, 0.29) is 11.8 Å². The number of aromatic amines is 1. The van der Waals surface area contributed by atoms with Gasteiger partial charge in [0.1, 0.15) is 22.7 Å². The second-order valence-electron chi connectivity index (χ2n) is 10.4. The van der Waals surface area contributed by atoms with Crippen molar-refractivity contribution in [2.45, 2.75) is 25.8 Å². The number of hydrogen-bond acceptors (Lipinski definition) is 9. The van der Waals surface area contributed by atoms with Gasteiger partial charge in [-0.1, -0.05) is 6.07 Å². The van der Waals surface area contributed by atoms with Gasteiger partial charge in [-0.05, 0) is 57.1 Å². The topological polar surface area (TPSA) is 112 Å². The van der Waals surface area contributed by atoms with Gasteiger partial charge in [-0.2, -0.15) is 5.10 Å². The van der Waals surface area contributed by atoms with Crippen LogP contribution in [-0.2, 0) is 24.2 Å². The summed E-state index contributed by atoms with van der Waals surface area (Å²) in [6.45, 7) is 1.99. The third-order valence-corrected chi connectivity index (χ3v) is 8.58. The van der Waals surface area contributed by atoms with E-state index in [4.69, 9.17) is 4.74 Å². The van der Waals surface area contributed by atoms with E-state index in [1.54, 1.807) is 37.2 Å². The van der Waals surface area contributed by atoms with E-state index in [9.17, 15) is 4.79 Å². The number of nitrogens with zero attached hydrogens (tertiary/aromatic N) is 6. The minimum Gasteiger partial charge on any atom is -0.494 e. The van der Waals surface area contributed by atoms with Crippen molar-refractivity contribution in [3.63, 3.8) is 0 Å². The number of rotatable bonds is 9. The maximum Gasteiger partial charge on any atom is 0.226 e. The number of pyridine rings is 1. The molecule has 1 aromatic carbocycles. The van der Waals surface area contributed by atoms with Crippen LogP contribution in [-0.4, -0.2) is 75.2 Å². The predicted molar refractivity (Wildman–Crippen MR) is 157 cm³/mol. The molecule has 40 heavy (non-hydrogen) atoms. The van der Waals surface area contributed by atoms with E-state index in [1.807, 2.05) is 49.3 Å². The number of thiophene rings is 1. The molecule has 10 nitrogen and oxygen atoms in total. The normalized spacial score (nSPS) is 14.9. The van der Waals surface area contributed by atoms with E-state index in [0.717, 1.165) is 57.7 Å². The number of methoxy groups -OCH3 is 1. The molecule has 11 heteroatoms. The van der Waals surface area contributed by atoms with Gasteiger partial charge in [0.25, 0.3) is 0 Å². The SMILES string of the molecule is COc1cc2[nH]ncc2cc1Nc1ncnc2sc3c(c12)CC[C@H](C(=O)N(CCN(C)C)Cc1ccccn1)C3. The average molecular weight is 557 g/mol. The lowest BCUT2D eigenvalue weighted by atomic mass is 9.86. The van der Waals surface area contributed by atoms with Gasteiger partial charge in [-0.25, -0.2) is 9.97 Å². The Labute approximate surface area is 236 Å². The van der Waals surface area contributed by atoms with Gasteiger partial charge in [0.2, 0.25) is 5.91 Å². The standard InChI is InChI=1S/C29H32N8O2S/c1-36(2)10-11-37(16-20-6-4-5-9-30-20)29(38)18-7-8-21-25(13-18)40-28-26(21)27(31-17-32-28)34-23-12-19-15-33-35-22(19)14-24(23)39-3/h4-6,9,12,14-15,17-18H,7-8,10-11,13,16H2,1-3H3,(H,33,35)(H,31,32,34)/t18-/m0/s1. The fourth-order valence-corrected chi connectivity index (χ4v) is 6.58. The van der Waals surface area contributed by atoms with Gasteiger partial charge in [-0.15, -0.1) is 11.3 Å². The molecule has 2 N–H and O–H groups in total. The molecule has 4 aromatic heterocycles. The fraction of sp³-hybridized carbons (Fsp3) is 0.345. The first-order valence-electron chi connectivity index (χ1n) is 13.4. The van der Waals surface area contributed by atoms with Gasteiger partial charge >= 0.3 is 0 Å². The van der Waals surface area contributed by atoms with Gasteiger partial charge in [0.15, 0.2) is 0 Å². The number of amides is 1. The van der Waals surface area contributed by atoms with E-state index < -0.39 is 0 Å². The summed E-state index contributed by atoms with van der Waals surface area (Å²) >= 11 is 1.66. The summed E-state index contributed by atoms with van der Waals surface area (Å²) in [5.74, 6) is 1.57. The zero-order valence-electron chi connectivity index (χ0n) is 22.8. The van der Waals surface area contributed by atoms with Crippen LogP contribution in [0, 0.1) is 5.92 Å². The van der Waals surface area contributed by atoms with Gasteiger partial charge in [0, 0.05) is 41.5 Å². The van der Waals surface area contributed by atoms with Crippen molar-refractivity contribution in [2.75, 3.05) is 39.6 Å². The Morgan fingerprint density at radius 3 is 2.90 bits per heavy atom. The van der Waals surface area contributed by atoms with E-state index in [2.05, 4.69) is 35.4 Å². The smallest absolute Gasteiger partial charge is 0.226 e. The number of carbonyl (C=O) groups excluding carboxylic acids is 1.